The van der Waals surface area contributed by atoms with Crippen LogP contribution in [0.4, 0.5) is 5.82 Å². The Morgan fingerprint density at radius 1 is 1.50 bits per heavy atom. The maximum atomic E-state index is 11.9. The SMILES string of the molecule is CCOC(=O)C1CCCN1c1cc(C)nc(C)n1. The number of carbonyl (C=O) groups excluding carboxylic acids is 1. The van der Waals surface area contributed by atoms with E-state index in [4.69, 9.17) is 4.74 Å². The van der Waals surface area contributed by atoms with Crippen LogP contribution in [0.1, 0.15) is 31.3 Å². The van der Waals surface area contributed by atoms with Gasteiger partial charge in [-0.05, 0) is 33.6 Å². The van der Waals surface area contributed by atoms with E-state index in [-0.39, 0.29) is 12.0 Å². The van der Waals surface area contributed by atoms with Gasteiger partial charge in [-0.1, -0.05) is 0 Å². The number of carbonyl (C=O) groups is 1. The molecule has 0 spiro atoms. The maximum Gasteiger partial charge on any atom is 0.328 e. The predicted molar refractivity (Wildman–Crippen MR) is 68.5 cm³/mol. The van der Waals surface area contributed by atoms with Crippen LogP contribution in [-0.2, 0) is 9.53 Å². The number of aryl methyl sites for hydroxylation is 2. The Morgan fingerprint density at radius 3 is 2.94 bits per heavy atom. The summed E-state index contributed by atoms with van der Waals surface area (Å²) in [5.41, 5.74) is 0.923. The summed E-state index contributed by atoms with van der Waals surface area (Å²) < 4.78 is 5.11. The van der Waals surface area contributed by atoms with Gasteiger partial charge in [0.15, 0.2) is 0 Å². The summed E-state index contributed by atoms with van der Waals surface area (Å²) in [6.45, 7) is 6.90. The molecule has 0 amide bonds. The van der Waals surface area contributed by atoms with Gasteiger partial charge in [0.1, 0.15) is 17.7 Å². The second-order valence-corrected chi connectivity index (χ2v) is 4.52. The first-order valence-electron chi connectivity index (χ1n) is 6.37. The van der Waals surface area contributed by atoms with E-state index in [1.165, 1.54) is 0 Å². The van der Waals surface area contributed by atoms with Gasteiger partial charge in [0.2, 0.25) is 0 Å². The van der Waals surface area contributed by atoms with Crippen molar-refractivity contribution in [2.24, 2.45) is 0 Å². The second-order valence-electron chi connectivity index (χ2n) is 4.52. The van der Waals surface area contributed by atoms with E-state index in [0.29, 0.717) is 6.61 Å². The minimum atomic E-state index is -0.196. The molecule has 1 atom stereocenters. The van der Waals surface area contributed by atoms with Gasteiger partial charge in [-0.2, -0.15) is 0 Å². The number of anilines is 1. The Hall–Kier alpha value is -1.65. The van der Waals surface area contributed by atoms with E-state index in [0.717, 1.165) is 36.7 Å². The van der Waals surface area contributed by atoms with Gasteiger partial charge in [-0.3, -0.25) is 0 Å². The van der Waals surface area contributed by atoms with Gasteiger partial charge in [0.25, 0.3) is 0 Å². The van der Waals surface area contributed by atoms with Gasteiger partial charge < -0.3 is 9.64 Å². The zero-order valence-corrected chi connectivity index (χ0v) is 11.1. The minimum absolute atomic E-state index is 0.149. The van der Waals surface area contributed by atoms with Crippen molar-refractivity contribution in [3.63, 3.8) is 0 Å². The van der Waals surface area contributed by atoms with Crippen LogP contribution in [0.25, 0.3) is 0 Å². The number of hydrogen-bond acceptors (Lipinski definition) is 5. The van der Waals surface area contributed by atoms with Crippen LogP contribution >= 0.6 is 0 Å². The maximum absolute atomic E-state index is 11.9. The Morgan fingerprint density at radius 2 is 2.28 bits per heavy atom. The number of nitrogens with zero attached hydrogens (tertiary/aromatic N) is 3. The average Bonchev–Trinajstić information content (AvgIpc) is 2.76. The van der Waals surface area contributed by atoms with Gasteiger partial charge in [-0.25, -0.2) is 14.8 Å². The summed E-state index contributed by atoms with van der Waals surface area (Å²) in [6, 6.07) is 1.73. The van der Waals surface area contributed by atoms with Crippen LogP contribution in [0, 0.1) is 13.8 Å². The quantitative estimate of drug-likeness (QED) is 0.762. The molecule has 18 heavy (non-hydrogen) atoms. The topological polar surface area (TPSA) is 55.3 Å². The number of rotatable bonds is 3. The Balaban J connectivity index is 2.23. The summed E-state index contributed by atoms with van der Waals surface area (Å²) in [5.74, 6) is 1.42. The van der Waals surface area contributed by atoms with E-state index < -0.39 is 0 Å². The van der Waals surface area contributed by atoms with Gasteiger partial charge in [0, 0.05) is 18.3 Å². The molecule has 5 heteroatoms. The monoisotopic (exact) mass is 249 g/mol. The highest BCUT2D eigenvalue weighted by Crippen LogP contribution is 2.25. The lowest BCUT2D eigenvalue weighted by atomic mass is 10.2. The molecule has 1 aliphatic heterocycles. The van der Waals surface area contributed by atoms with Crippen molar-refractivity contribution in [1.29, 1.82) is 0 Å². The standard InChI is InChI=1S/C13H19N3O2/c1-4-18-13(17)11-6-5-7-16(11)12-8-9(2)14-10(3)15-12/h8,11H,4-7H2,1-3H3. The first-order chi connectivity index (χ1) is 8.61. The molecular weight excluding hydrogens is 230 g/mol. The third-order valence-electron chi connectivity index (χ3n) is 3.06. The first-order valence-corrected chi connectivity index (χ1v) is 6.37. The fourth-order valence-corrected chi connectivity index (χ4v) is 2.37. The van der Waals surface area contributed by atoms with E-state index in [9.17, 15) is 4.79 Å². The molecule has 5 nitrogen and oxygen atoms in total. The van der Waals surface area contributed by atoms with Crippen LogP contribution in [-0.4, -0.2) is 35.1 Å². The summed E-state index contributed by atoms with van der Waals surface area (Å²) >= 11 is 0. The molecule has 0 radical (unpaired) electrons. The van der Waals surface area contributed by atoms with Crippen LogP contribution in [0.5, 0.6) is 0 Å². The molecule has 0 aliphatic carbocycles. The van der Waals surface area contributed by atoms with Crippen LogP contribution in [0.15, 0.2) is 6.07 Å². The molecule has 1 aromatic rings. The van der Waals surface area contributed by atoms with Crippen LogP contribution < -0.4 is 4.90 Å². The Labute approximate surface area is 107 Å². The van der Waals surface area contributed by atoms with E-state index in [1.807, 2.05) is 31.7 Å². The van der Waals surface area contributed by atoms with Crippen molar-refractivity contribution in [3.05, 3.63) is 17.6 Å². The lowest BCUT2D eigenvalue weighted by molar-refractivity contribution is -0.144. The molecule has 2 rings (SSSR count). The van der Waals surface area contributed by atoms with Crippen molar-refractivity contribution >= 4 is 11.8 Å². The van der Waals surface area contributed by atoms with E-state index in [2.05, 4.69) is 9.97 Å². The smallest absolute Gasteiger partial charge is 0.328 e. The molecule has 0 aromatic carbocycles. The molecule has 1 unspecified atom stereocenters. The zero-order chi connectivity index (χ0) is 13.1. The fourth-order valence-electron chi connectivity index (χ4n) is 2.37. The molecule has 1 saturated heterocycles. The molecule has 0 bridgehead atoms. The predicted octanol–water partition coefficient (Wildman–Crippen LogP) is 1.63. The van der Waals surface area contributed by atoms with E-state index >= 15 is 0 Å². The molecule has 0 saturated carbocycles. The van der Waals surface area contributed by atoms with Gasteiger partial charge in [0.05, 0.1) is 6.61 Å². The third-order valence-corrected chi connectivity index (χ3v) is 3.06. The van der Waals surface area contributed by atoms with Crippen molar-refractivity contribution in [2.45, 2.75) is 39.7 Å². The van der Waals surface area contributed by atoms with Crippen molar-refractivity contribution < 1.29 is 9.53 Å². The van der Waals surface area contributed by atoms with Crippen molar-refractivity contribution in [3.8, 4) is 0 Å². The van der Waals surface area contributed by atoms with Gasteiger partial charge in [-0.15, -0.1) is 0 Å². The second kappa shape index (κ2) is 5.33. The molecular formula is C13H19N3O2. The summed E-state index contributed by atoms with van der Waals surface area (Å²) in [7, 11) is 0. The van der Waals surface area contributed by atoms with Crippen LogP contribution in [0.2, 0.25) is 0 Å². The zero-order valence-electron chi connectivity index (χ0n) is 11.1. The Kier molecular flexibility index (Phi) is 3.79. The number of ether oxygens (including phenoxy) is 1. The molecule has 2 heterocycles. The average molecular weight is 249 g/mol. The van der Waals surface area contributed by atoms with E-state index in [1.54, 1.807) is 0 Å². The molecule has 98 valence electrons. The minimum Gasteiger partial charge on any atom is -0.464 e. The number of hydrogen-bond donors (Lipinski definition) is 0. The van der Waals surface area contributed by atoms with Crippen LogP contribution in [0.3, 0.4) is 0 Å². The van der Waals surface area contributed by atoms with Crippen molar-refractivity contribution in [2.75, 3.05) is 18.1 Å². The number of esters is 1. The molecule has 1 aromatic heterocycles. The Bertz CT molecular complexity index is 428. The van der Waals surface area contributed by atoms with Crippen molar-refractivity contribution in [1.82, 2.24) is 9.97 Å². The first kappa shape index (κ1) is 12.8. The lowest BCUT2D eigenvalue weighted by Crippen LogP contribution is -2.38. The summed E-state index contributed by atoms with van der Waals surface area (Å²) in [6.07, 6.45) is 1.83. The number of aromatic nitrogens is 2. The summed E-state index contributed by atoms with van der Waals surface area (Å²) in [5, 5.41) is 0. The lowest BCUT2D eigenvalue weighted by Gasteiger charge is -2.24. The molecule has 1 fully saturated rings. The largest absolute Gasteiger partial charge is 0.464 e. The molecule has 0 N–H and O–H groups in total. The molecule has 1 aliphatic rings. The third kappa shape index (κ3) is 2.60. The van der Waals surface area contributed by atoms with Gasteiger partial charge >= 0.3 is 5.97 Å². The normalized spacial score (nSPS) is 19.1. The highest BCUT2D eigenvalue weighted by atomic mass is 16.5. The fraction of sp³-hybridized carbons (Fsp3) is 0.615. The highest BCUT2D eigenvalue weighted by Gasteiger charge is 2.32. The summed E-state index contributed by atoms with van der Waals surface area (Å²) in [4.78, 5) is 22.6. The highest BCUT2D eigenvalue weighted by molar-refractivity contribution is 5.80.